The Morgan fingerprint density at radius 1 is 1.25 bits per heavy atom. The van der Waals surface area contributed by atoms with E-state index in [1.54, 1.807) is 0 Å². The van der Waals surface area contributed by atoms with Crippen LogP contribution in [-0.2, 0) is 19.4 Å². The molecule has 2 aromatic rings. The molecular weight excluding hydrogens is 248 g/mol. The Morgan fingerprint density at radius 2 is 2.20 bits per heavy atom. The molecule has 1 aromatic carbocycles. The monoisotopic (exact) mass is 264 g/mol. The summed E-state index contributed by atoms with van der Waals surface area (Å²) in [6.07, 6.45) is 6.17. The molecule has 0 saturated heterocycles. The van der Waals surface area contributed by atoms with Crippen LogP contribution >= 0.6 is 0 Å². The van der Waals surface area contributed by atoms with Gasteiger partial charge in [0.15, 0.2) is 5.82 Å². The quantitative estimate of drug-likeness (QED) is 0.875. The number of allylic oxidation sites excluding steroid dienone is 1. The molecule has 0 unspecified atom stereocenters. The highest BCUT2D eigenvalue weighted by Crippen LogP contribution is 2.31. The molecule has 1 aliphatic heterocycles. The van der Waals surface area contributed by atoms with Crippen molar-refractivity contribution >= 4 is 11.8 Å². The molecule has 2 heterocycles. The Labute approximate surface area is 117 Å². The average Bonchev–Trinajstić information content (AvgIpc) is 3.13. The molecule has 0 amide bonds. The van der Waals surface area contributed by atoms with Gasteiger partial charge >= 0.3 is 0 Å². The van der Waals surface area contributed by atoms with Crippen LogP contribution in [0.4, 0.5) is 5.69 Å². The molecule has 0 atom stereocenters. The van der Waals surface area contributed by atoms with Gasteiger partial charge < -0.3 is 5.43 Å². The summed E-state index contributed by atoms with van der Waals surface area (Å²) in [6, 6.07) is 6.24. The minimum absolute atomic E-state index is 0.811. The molecule has 0 radical (unpaired) electrons. The molecule has 0 saturated carbocycles. The zero-order valence-electron chi connectivity index (χ0n) is 11.4. The van der Waals surface area contributed by atoms with Crippen LogP contribution < -0.4 is 10.9 Å². The topological polar surface area (TPSA) is 49.8 Å². The summed E-state index contributed by atoms with van der Waals surface area (Å²) in [5, 5.41) is 0. The van der Waals surface area contributed by atoms with Crippen LogP contribution in [0, 0.1) is 0 Å². The number of hydrazine groups is 1. The molecule has 1 aromatic heterocycles. The molecule has 2 N–H and O–H groups in total. The number of fused-ring (bicyclic) bond motifs is 2. The zero-order chi connectivity index (χ0) is 13.5. The third kappa shape index (κ3) is 1.65. The second kappa shape index (κ2) is 4.42. The lowest BCUT2D eigenvalue weighted by Gasteiger charge is -2.10. The second-order valence-electron chi connectivity index (χ2n) is 5.12. The highest BCUT2D eigenvalue weighted by Gasteiger charge is 2.19. The molecule has 0 fully saturated rings. The number of benzene rings is 1. The van der Waals surface area contributed by atoms with Crippen molar-refractivity contribution in [2.24, 2.45) is 0 Å². The van der Waals surface area contributed by atoms with Gasteiger partial charge in [-0.15, -0.1) is 0 Å². The third-order valence-electron chi connectivity index (χ3n) is 3.94. The molecule has 4 nitrogen and oxygen atoms in total. The standard InChI is InChI=1S/C16H16N4/c1-2-13-11-6-4-7-14(11)19-16(18-13)10-5-3-8-15-12(10)9-17-20-15/h3-6,8,17,20H,2,7,9H2,1H3. The second-order valence-corrected chi connectivity index (χ2v) is 5.12. The first-order valence-electron chi connectivity index (χ1n) is 7.04. The summed E-state index contributed by atoms with van der Waals surface area (Å²) in [5.41, 5.74) is 13.4. The number of hydrogen-bond acceptors (Lipinski definition) is 4. The van der Waals surface area contributed by atoms with Crippen LogP contribution in [0.25, 0.3) is 17.5 Å². The van der Waals surface area contributed by atoms with Gasteiger partial charge in [0.2, 0.25) is 0 Å². The van der Waals surface area contributed by atoms with Gasteiger partial charge in [0, 0.05) is 29.7 Å². The van der Waals surface area contributed by atoms with Crippen LogP contribution in [0.1, 0.15) is 29.4 Å². The van der Waals surface area contributed by atoms with Gasteiger partial charge in [-0.25, -0.2) is 15.4 Å². The van der Waals surface area contributed by atoms with Crippen molar-refractivity contribution in [2.45, 2.75) is 26.3 Å². The smallest absolute Gasteiger partial charge is 0.160 e. The average molecular weight is 264 g/mol. The summed E-state index contributed by atoms with van der Waals surface area (Å²) in [4.78, 5) is 9.57. The fourth-order valence-corrected chi connectivity index (χ4v) is 2.93. The number of nitrogens with one attached hydrogen (secondary N) is 2. The van der Waals surface area contributed by atoms with Crippen molar-refractivity contribution in [1.82, 2.24) is 15.4 Å². The summed E-state index contributed by atoms with van der Waals surface area (Å²) in [6.45, 7) is 2.96. The van der Waals surface area contributed by atoms with Gasteiger partial charge in [0.05, 0.1) is 17.1 Å². The first kappa shape index (κ1) is 11.6. The molecule has 4 heteroatoms. The first-order valence-corrected chi connectivity index (χ1v) is 7.04. The highest BCUT2D eigenvalue weighted by molar-refractivity contribution is 5.72. The Balaban J connectivity index is 1.90. The number of hydrogen-bond donors (Lipinski definition) is 2. The SMILES string of the molecule is CCc1nc(-c2cccc3c2CNN3)nc2c1C=CC2. The van der Waals surface area contributed by atoms with Crippen molar-refractivity contribution in [3.05, 3.63) is 46.8 Å². The first-order chi connectivity index (χ1) is 9.86. The molecule has 20 heavy (non-hydrogen) atoms. The summed E-state index contributed by atoms with van der Waals surface area (Å²) in [7, 11) is 0. The van der Waals surface area contributed by atoms with E-state index in [1.165, 1.54) is 11.1 Å². The summed E-state index contributed by atoms with van der Waals surface area (Å²) in [5.74, 6) is 0.853. The van der Waals surface area contributed by atoms with Crippen molar-refractivity contribution in [3.63, 3.8) is 0 Å². The van der Waals surface area contributed by atoms with Crippen molar-refractivity contribution in [1.29, 1.82) is 0 Å². The van der Waals surface area contributed by atoms with E-state index >= 15 is 0 Å². The normalized spacial score (nSPS) is 15.1. The molecule has 4 rings (SSSR count). The van der Waals surface area contributed by atoms with Crippen LogP contribution in [0.5, 0.6) is 0 Å². The van der Waals surface area contributed by atoms with Gasteiger partial charge in [0.25, 0.3) is 0 Å². The number of nitrogens with zero attached hydrogens (tertiary/aromatic N) is 2. The van der Waals surface area contributed by atoms with E-state index in [-0.39, 0.29) is 0 Å². The lowest BCUT2D eigenvalue weighted by molar-refractivity contribution is 0.859. The largest absolute Gasteiger partial charge is 0.321 e. The van der Waals surface area contributed by atoms with E-state index in [0.717, 1.165) is 47.8 Å². The number of aromatic nitrogens is 2. The van der Waals surface area contributed by atoms with E-state index in [9.17, 15) is 0 Å². The van der Waals surface area contributed by atoms with Gasteiger partial charge in [0.1, 0.15) is 0 Å². The maximum Gasteiger partial charge on any atom is 0.160 e. The minimum atomic E-state index is 0.811. The molecule has 2 aliphatic rings. The van der Waals surface area contributed by atoms with Gasteiger partial charge in [-0.1, -0.05) is 31.2 Å². The van der Waals surface area contributed by atoms with E-state index in [4.69, 9.17) is 9.97 Å². The zero-order valence-corrected chi connectivity index (χ0v) is 11.4. The Kier molecular flexibility index (Phi) is 2.57. The Hall–Kier alpha value is -2.20. The van der Waals surface area contributed by atoms with E-state index < -0.39 is 0 Å². The maximum absolute atomic E-state index is 4.79. The maximum atomic E-state index is 4.79. The predicted molar refractivity (Wildman–Crippen MR) is 80.0 cm³/mol. The molecule has 0 spiro atoms. The predicted octanol–water partition coefficient (Wildman–Crippen LogP) is 2.71. The van der Waals surface area contributed by atoms with E-state index in [0.29, 0.717) is 0 Å². The minimum Gasteiger partial charge on any atom is -0.321 e. The lowest BCUT2D eigenvalue weighted by Crippen LogP contribution is -2.11. The number of aryl methyl sites for hydroxylation is 1. The van der Waals surface area contributed by atoms with Gasteiger partial charge in [-0.3, -0.25) is 0 Å². The molecular formula is C16H16N4. The molecule has 0 bridgehead atoms. The van der Waals surface area contributed by atoms with E-state index in [1.807, 2.05) is 0 Å². The highest BCUT2D eigenvalue weighted by atomic mass is 15.4. The number of rotatable bonds is 2. The number of anilines is 1. The molecule has 1 aliphatic carbocycles. The molecule has 100 valence electrons. The van der Waals surface area contributed by atoms with Crippen LogP contribution in [0.3, 0.4) is 0 Å². The Morgan fingerprint density at radius 3 is 3.10 bits per heavy atom. The Bertz CT molecular complexity index is 719. The fraction of sp³-hybridized carbons (Fsp3) is 0.250. The third-order valence-corrected chi connectivity index (χ3v) is 3.94. The van der Waals surface area contributed by atoms with Gasteiger partial charge in [-0.05, 0) is 12.5 Å². The van der Waals surface area contributed by atoms with E-state index in [2.05, 4.69) is 48.1 Å². The summed E-state index contributed by atoms with van der Waals surface area (Å²) < 4.78 is 0. The lowest BCUT2D eigenvalue weighted by atomic mass is 10.0. The van der Waals surface area contributed by atoms with Crippen LogP contribution in [0.2, 0.25) is 0 Å². The van der Waals surface area contributed by atoms with Crippen molar-refractivity contribution < 1.29 is 0 Å². The fourth-order valence-electron chi connectivity index (χ4n) is 2.93. The van der Waals surface area contributed by atoms with Crippen molar-refractivity contribution in [2.75, 3.05) is 5.43 Å². The van der Waals surface area contributed by atoms with Crippen LogP contribution in [-0.4, -0.2) is 9.97 Å². The van der Waals surface area contributed by atoms with Crippen molar-refractivity contribution in [3.8, 4) is 11.4 Å². The van der Waals surface area contributed by atoms with Gasteiger partial charge in [-0.2, -0.15) is 0 Å². The van der Waals surface area contributed by atoms with Crippen LogP contribution in [0.15, 0.2) is 24.3 Å². The summed E-state index contributed by atoms with van der Waals surface area (Å²) >= 11 is 0.